The van der Waals surface area contributed by atoms with Crippen LogP contribution in [0.3, 0.4) is 0 Å². The fourth-order valence-electron chi connectivity index (χ4n) is 2.38. The number of halogens is 1. The molecule has 7 heteroatoms. The Labute approximate surface area is 168 Å². The van der Waals surface area contributed by atoms with Crippen molar-refractivity contribution in [2.24, 2.45) is 0 Å². The van der Waals surface area contributed by atoms with Crippen LogP contribution in [0.1, 0.15) is 36.8 Å². The third kappa shape index (κ3) is 6.06. The monoisotopic (exact) mass is 433 g/mol. The highest BCUT2D eigenvalue weighted by Crippen LogP contribution is 2.26. The van der Waals surface area contributed by atoms with Crippen molar-refractivity contribution in [3.63, 3.8) is 0 Å². The van der Waals surface area contributed by atoms with Crippen molar-refractivity contribution >= 4 is 27.7 Å². The summed E-state index contributed by atoms with van der Waals surface area (Å²) in [5.74, 6) is 1.01. The fraction of sp³-hybridized carbons (Fsp3) is 0.350. The van der Waals surface area contributed by atoms with Crippen LogP contribution in [0.5, 0.6) is 5.75 Å². The first-order valence-corrected chi connectivity index (χ1v) is 9.55. The first kappa shape index (κ1) is 20.9. The minimum absolute atomic E-state index is 0.199. The average molecular weight is 434 g/mol. The molecule has 0 saturated carbocycles. The van der Waals surface area contributed by atoms with Crippen molar-refractivity contribution in [1.82, 2.24) is 10.2 Å². The number of ether oxygens (including phenoxy) is 2. The topological polar surface area (TPSA) is 64.5 Å². The summed E-state index contributed by atoms with van der Waals surface area (Å²) >= 11 is 3.51. The lowest BCUT2D eigenvalue weighted by Gasteiger charge is -2.23. The molecule has 0 aliphatic rings. The minimum Gasteiger partial charge on any atom is -0.489 e. The standard InChI is InChI=1S/C20H24BrN3O3/c1-5-24(19-10-8-17(22-23-19)20(25)26-6-2)12-15-11-16(21)7-9-18(15)27-13-14(3)4/h7-11H,3,5-6,12-13H2,1-2,4H3. The molecule has 0 N–H and O–H groups in total. The number of esters is 1. The zero-order chi connectivity index (χ0) is 19.8. The van der Waals surface area contributed by atoms with Crippen molar-refractivity contribution in [2.45, 2.75) is 27.3 Å². The minimum atomic E-state index is -0.470. The molecule has 0 unspecified atom stereocenters. The van der Waals surface area contributed by atoms with Crippen LogP contribution < -0.4 is 9.64 Å². The Morgan fingerprint density at radius 2 is 2.00 bits per heavy atom. The third-order valence-corrected chi connectivity index (χ3v) is 4.19. The molecule has 0 spiro atoms. The van der Waals surface area contributed by atoms with Crippen molar-refractivity contribution in [2.75, 3.05) is 24.7 Å². The number of carbonyl (C=O) groups excluding carboxylic acids is 1. The van der Waals surface area contributed by atoms with Gasteiger partial charge >= 0.3 is 5.97 Å². The summed E-state index contributed by atoms with van der Waals surface area (Å²) in [5.41, 5.74) is 2.17. The lowest BCUT2D eigenvalue weighted by molar-refractivity contribution is 0.0518. The molecule has 0 aliphatic heterocycles. The van der Waals surface area contributed by atoms with Crippen molar-refractivity contribution in [3.05, 3.63) is 58.2 Å². The molecule has 0 amide bonds. The van der Waals surface area contributed by atoms with Crippen molar-refractivity contribution < 1.29 is 14.3 Å². The number of anilines is 1. The fourth-order valence-corrected chi connectivity index (χ4v) is 2.79. The zero-order valence-corrected chi connectivity index (χ0v) is 17.5. The van der Waals surface area contributed by atoms with Gasteiger partial charge in [0.25, 0.3) is 0 Å². The number of benzene rings is 1. The number of aromatic nitrogens is 2. The Kier molecular flexibility index (Phi) is 7.79. The SMILES string of the molecule is C=C(C)COc1ccc(Br)cc1CN(CC)c1ccc(C(=O)OCC)nn1. The van der Waals surface area contributed by atoms with E-state index in [0.29, 0.717) is 25.6 Å². The maximum absolute atomic E-state index is 11.7. The molecule has 0 bridgehead atoms. The number of hydrogen-bond acceptors (Lipinski definition) is 6. The third-order valence-electron chi connectivity index (χ3n) is 3.70. The van der Waals surface area contributed by atoms with Gasteiger partial charge in [-0.2, -0.15) is 0 Å². The van der Waals surface area contributed by atoms with Gasteiger partial charge in [-0.1, -0.05) is 22.5 Å². The van der Waals surface area contributed by atoms with E-state index in [2.05, 4.69) is 37.6 Å². The van der Waals surface area contributed by atoms with E-state index in [4.69, 9.17) is 9.47 Å². The van der Waals surface area contributed by atoms with Gasteiger partial charge in [0.05, 0.1) is 6.61 Å². The van der Waals surface area contributed by atoms with Gasteiger partial charge in [-0.25, -0.2) is 4.79 Å². The second-order valence-electron chi connectivity index (χ2n) is 6.01. The van der Waals surface area contributed by atoms with Crippen LogP contribution >= 0.6 is 15.9 Å². The molecule has 1 aromatic heterocycles. The van der Waals surface area contributed by atoms with Crippen LogP contribution in [-0.4, -0.2) is 35.9 Å². The van der Waals surface area contributed by atoms with Crippen molar-refractivity contribution in [1.29, 1.82) is 0 Å². The lowest BCUT2D eigenvalue weighted by atomic mass is 10.2. The van der Waals surface area contributed by atoms with Crippen LogP contribution in [-0.2, 0) is 11.3 Å². The maximum Gasteiger partial charge on any atom is 0.358 e. The highest BCUT2D eigenvalue weighted by Gasteiger charge is 2.14. The molecule has 27 heavy (non-hydrogen) atoms. The van der Waals surface area contributed by atoms with E-state index in [1.54, 1.807) is 19.1 Å². The second kappa shape index (κ2) is 10.1. The normalized spacial score (nSPS) is 10.4. The summed E-state index contributed by atoms with van der Waals surface area (Å²) < 4.78 is 11.8. The first-order chi connectivity index (χ1) is 12.9. The molecule has 1 aromatic carbocycles. The summed E-state index contributed by atoms with van der Waals surface area (Å²) in [6.07, 6.45) is 0. The van der Waals surface area contributed by atoms with E-state index < -0.39 is 5.97 Å². The van der Waals surface area contributed by atoms with Gasteiger partial charge in [0.2, 0.25) is 0 Å². The molecular weight excluding hydrogens is 410 g/mol. The van der Waals surface area contributed by atoms with Crippen LogP contribution in [0, 0.1) is 0 Å². The largest absolute Gasteiger partial charge is 0.489 e. The summed E-state index contributed by atoms with van der Waals surface area (Å²) in [6, 6.07) is 9.31. The molecule has 0 atom stereocenters. The molecule has 144 valence electrons. The predicted octanol–water partition coefficient (Wildman–Crippen LogP) is 4.40. The first-order valence-electron chi connectivity index (χ1n) is 8.76. The van der Waals surface area contributed by atoms with Gasteiger partial charge in [0.15, 0.2) is 11.5 Å². The van der Waals surface area contributed by atoms with Gasteiger partial charge < -0.3 is 14.4 Å². The molecule has 2 rings (SSSR count). The van der Waals surface area contributed by atoms with E-state index >= 15 is 0 Å². The van der Waals surface area contributed by atoms with E-state index in [1.165, 1.54) is 0 Å². The van der Waals surface area contributed by atoms with E-state index in [-0.39, 0.29) is 5.69 Å². The Morgan fingerprint density at radius 3 is 2.59 bits per heavy atom. The second-order valence-corrected chi connectivity index (χ2v) is 6.92. The predicted molar refractivity (Wildman–Crippen MR) is 109 cm³/mol. The van der Waals surface area contributed by atoms with Gasteiger partial charge in [0.1, 0.15) is 12.4 Å². The number of hydrogen-bond donors (Lipinski definition) is 0. The Bertz CT molecular complexity index is 794. The molecule has 2 aromatic rings. The molecule has 0 fully saturated rings. The smallest absolute Gasteiger partial charge is 0.358 e. The van der Waals surface area contributed by atoms with E-state index in [0.717, 1.165) is 27.9 Å². The van der Waals surface area contributed by atoms with Gasteiger partial charge in [-0.05, 0) is 56.7 Å². The molecule has 0 radical (unpaired) electrons. The molecule has 6 nitrogen and oxygen atoms in total. The van der Waals surface area contributed by atoms with Crippen LogP contribution in [0.4, 0.5) is 5.82 Å². The van der Waals surface area contributed by atoms with Gasteiger partial charge in [0, 0.05) is 23.1 Å². The number of nitrogens with zero attached hydrogens (tertiary/aromatic N) is 3. The Morgan fingerprint density at radius 1 is 1.22 bits per heavy atom. The van der Waals surface area contributed by atoms with E-state index in [9.17, 15) is 4.79 Å². The van der Waals surface area contributed by atoms with Crippen LogP contribution in [0.2, 0.25) is 0 Å². The number of rotatable bonds is 9. The Balaban J connectivity index is 2.20. The zero-order valence-electron chi connectivity index (χ0n) is 15.9. The summed E-state index contributed by atoms with van der Waals surface area (Å²) in [6.45, 7) is 11.7. The molecular formula is C20H24BrN3O3. The quantitative estimate of drug-likeness (QED) is 0.431. The molecule has 1 heterocycles. The van der Waals surface area contributed by atoms with Gasteiger partial charge in [-0.15, -0.1) is 10.2 Å². The van der Waals surface area contributed by atoms with Crippen molar-refractivity contribution in [3.8, 4) is 5.75 Å². The van der Waals surface area contributed by atoms with Crippen LogP contribution in [0.15, 0.2) is 47.0 Å². The highest BCUT2D eigenvalue weighted by molar-refractivity contribution is 9.10. The molecule has 0 saturated heterocycles. The van der Waals surface area contributed by atoms with Gasteiger partial charge in [-0.3, -0.25) is 0 Å². The lowest BCUT2D eigenvalue weighted by Crippen LogP contribution is -2.24. The summed E-state index contributed by atoms with van der Waals surface area (Å²) in [5, 5.41) is 8.17. The van der Waals surface area contributed by atoms with Crippen LogP contribution in [0.25, 0.3) is 0 Å². The van der Waals surface area contributed by atoms with E-state index in [1.807, 2.05) is 32.0 Å². The average Bonchev–Trinajstić information content (AvgIpc) is 2.65. The summed E-state index contributed by atoms with van der Waals surface area (Å²) in [4.78, 5) is 13.8. The highest BCUT2D eigenvalue weighted by atomic mass is 79.9. The summed E-state index contributed by atoms with van der Waals surface area (Å²) in [7, 11) is 0. The molecule has 0 aliphatic carbocycles. The Hall–Kier alpha value is -2.41. The maximum atomic E-state index is 11.7. The number of carbonyl (C=O) groups is 1.